The molecule has 0 aromatic heterocycles. The van der Waals surface area contributed by atoms with Crippen molar-refractivity contribution < 1.29 is 9.59 Å². The first-order chi connectivity index (χ1) is 15.4. The molecule has 2 amide bonds. The number of para-hydroxylation sites is 1. The molecule has 0 radical (unpaired) electrons. The number of carbonyl (C=O) groups is 2. The van der Waals surface area contributed by atoms with Crippen LogP contribution in [-0.4, -0.2) is 25.9 Å². The summed E-state index contributed by atoms with van der Waals surface area (Å²) in [6, 6.07) is 22.4. The van der Waals surface area contributed by atoms with Crippen molar-refractivity contribution in [1.29, 1.82) is 0 Å². The van der Waals surface area contributed by atoms with Gasteiger partial charge in [-0.15, -0.1) is 0 Å². The number of nitrogens with one attached hydrogen (secondary N) is 1. The Morgan fingerprint density at radius 3 is 2.34 bits per heavy atom. The minimum absolute atomic E-state index is 0.221. The molecule has 5 nitrogen and oxygen atoms in total. The Labute approximate surface area is 195 Å². The van der Waals surface area contributed by atoms with Gasteiger partial charge in [-0.2, -0.15) is 0 Å². The molecule has 2 aliphatic heterocycles. The predicted molar refractivity (Wildman–Crippen MR) is 132 cm³/mol. The Morgan fingerprint density at radius 2 is 1.66 bits per heavy atom. The highest BCUT2D eigenvalue weighted by molar-refractivity contribution is 8.06. The zero-order chi connectivity index (χ0) is 22.5. The number of thioether (sulfide) groups is 1. The van der Waals surface area contributed by atoms with Crippen LogP contribution in [0.15, 0.2) is 77.7 Å². The summed E-state index contributed by atoms with van der Waals surface area (Å²) >= 11 is 7.36. The van der Waals surface area contributed by atoms with Gasteiger partial charge in [-0.3, -0.25) is 14.5 Å². The number of rotatable bonds is 3. The van der Waals surface area contributed by atoms with Crippen LogP contribution >= 0.6 is 23.4 Å². The standard InChI is InChI=1S/C25H20ClN3O2S/c1-28(2)18-11-7-16(8-12-18)15-22-23(30)29(19-13-9-17(26)10-14-19)25(32-22)20-5-3-4-6-21(20)27-24(25)31/h3-15H,1-2H3,(H,27,31)/b22-15-. The summed E-state index contributed by atoms with van der Waals surface area (Å²) < 4.78 is 0. The summed E-state index contributed by atoms with van der Waals surface area (Å²) in [6.07, 6.45) is 1.85. The Bertz CT molecular complexity index is 1250. The lowest BCUT2D eigenvalue weighted by atomic mass is 10.0. The van der Waals surface area contributed by atoms with Crippen LogP contribution in [0.5, 0.6) is 0 Å². The highest BCUT2D eigenvalue weighted by Crippen LogP contribution is 2.57. The Balaban J connectivity index is 1.65. The molecule has 0 saturated carbocycles. The van der Waals surface area contributed by atoms with Gasteiger partial charge in [0.15, 0.2) is 0 Å². The van der Waals surface area contributed by atoms with Gasteiger partial charge in [0, 0.05) is 41.7 Å². The van der Waals surface area contributed by atoms with Crippen molar-refractivity contribution in [3.05, 3.63) is 93.9 Å². The molecule has 5 rings (SSSR count). The van der Waals surface area contributed by atoms with E-state index in [4.69, 9.17) is 11.6 Å². The summed E-state index contributed by atoms with van der Waals surface area (Å²) in [5.74, 6) is -0.459. The number of hydrogen-bond donors (Lipinski definition) is 1. The maximum Gasteiger partial charge on any atom is 0.266 e. The van der Waals surface area contributed by atoms with Gasteiger partial charge < -0.3 is 10.2 Å². The molecule has 32 heavy (non-hydrogen) atoms. The average molecular weight is 462 g/mol. The number of anilines is 3. The molecule has 1 N–H and O–H groups in total. The van der Waals surface area contributed by atoms with E-state index in [-0.39, 0.29) is 11.8 Å². The molecule has 3 aromatic carbocycles. The zero-order valence-corrected chi connectivity index (χ0v) is 19.1. The quantitative estimate of drug-likeness (QED) is 0.535. The maximum absolute atomic E-state index is 13.7. The lowest BCUT2D eigenvalue weighted by Crippen LogP contribution is -2.47. The maximum atomic E-state index is 13.7. The molecule has 2 heterocycles. The Hall–Kier alpha value is -3.22. The normalized spacial score (nSPS) is 20.7. The van der Waals surface area contributed by atoms with Crippen molar-refractivity contribution in [1.82, 2.24) is 0 Å². The van der Waals surface area contributed by atoms with Gasteiger partial charge in [0.1, 0.15) is 0 Å². The van der Waals surface area contributed by atoms with E-state index in [9.17, 15) is 9.59 Å². The molecule has 1 atom stereocenters. The van der Waals surface area contributed by atoms with Crippen molar-refractivity contribution in [2.75, 3.05) is 29.2 Å². The van der Waals surface area contributed by atoms with Crippen LogP contribution in [0.4, 0.5) is 17.1 Å². The molecule has 1 unspecified atom stereocenters. The van der Waals surface area contributed by atoms with Crippen molar-refractivity contribution in [2.24, 2.45) is 0 Å². The summed E-state index contributed by atoms with van der Waals surface area (Å²) in [5, 5.41) is 3.52. The van der Waals surface area contributed by atoms with Gasteiger partial charge in [0.25, 0.3) is 11.8 Å². The molecular weight excluding hydrogens is 442 g/mol. The van der Waals surface area contributed by atoms with E-state index >= 15 is 0 Å². The number of fused-ring (bicyclic) bond motifs is 2. The SMILES string of the molecule is CN(C)c1ccc(/C=C2\SC3(C(=O)Nc4ccccc43)N(c3ccc(Cl)cc3)C2=O)cc1. The lowest BCUT2D eigenvalue weighted by molar-refractivity contribution is -0.121. The molecule has 1 saturated heterocycles. The second kappa shape index (κ2) is 7.73. The second-order valence-electron chi connectivity index (χ2n) is 7.86. The molecule has 7 heteroatoms. The summed E-state index contributed by atoms with van der Waals surface area (Å²) in [5.41, 5.74) is 4.07. The van der Waals surface area contributed by atoms with Crippen LogP contribution in [0.2, 0.25) is 5.02 Å². The monoisotopic (exact) mass is 461 g/mol. The summed E-state index contributed by atoms with van der Waals surface area (Å²) in [4.78, 5) is 30.0. The first-order valence-electron chi connectivity index (χ1n) is 10.1. The van der Waals surface area contributed by atoms with Gasteiger partial charge in [0.2, 0.25) is 4.87 Å². The second-order valence-corrected chi connectivity index (χ2v) is 9.53. The van der Waals surface area contributed by atoms with Gasteiger partial charge in [-0.05, 0) is 54.1 Å². The molecule has 160 valence electrons. The van der Waals surface area contributed by atoms with E-state index in [1.54, 1.807) is 29.2 Å². The number of benzene rings is 3. The van der Waals surface area contributed by atoms with E-state index in [0.717, 1.165) is 16.8 Å². The number of nitrogens with zero attached hydrogens (tertiary/aromatic N) is 2. The molecule has 0 bridgehead atoms. The van der Waals surface area contributed by atoms with Crippen LogP contribution in [0.25, 0.3) is 6.08 Å². The number of halogens is 1. The van der Waals surface area contributed by atoms with E-state index in [0.29, 0.717) is 21.3 Å². The first-order valence-corrected chi connectivity index (χ1v) is 11.3. The predicted octanol–water partition coefficient (Wildman–Crippen LogP) is 5.33. The van der Waals surface area contributed by atoms with Gasteiger partial charge in [0.05, 0.1) is 4.91 Å². The van der Waals surface area contributed by atoms with Crippen LogP contribution in [0.1, 0.15) is 11.1 Å². The zero-order valence-electron chi connectivity index (χ0n) is 17.5. The topological polar surface area (TPSA) is 52.7 Å². The van der Waals surface area contributed by atoms with Crippen molar-refractivity contribution in [2.45, 2.75) is 4.87 Å². The lowest BCUT2D eigenvalue weighted by Gasteiger charge is -2.31. The molecule has 1 spiro atoms. The van der Waals surface area contributed by atoms with E-state index < -0.39 is 4.87 Å². The van der Waals surface area contributed by atoms with Crippen LogP contribution in [0, 0.1) is 0 Å². The fraction of sp³-hybridized carbons (Fsp3) is 0.120. The van der Waals surface area contributed by atoms with Crippen LogP contribution < -0.4 is 15.1 Å². The summed E-state index contributed by atoms with van der Waals surface area (Å²) in [6.45, 7) is 0. The number of carbonyl (C=O) groups excluding carboxylic acids is 2. The van der Waals surface area contributed by atoms with Gasteiger partial charge >= 0.3 is 0 Å². The van der Waals surface area contributed by atoms with Crippen molar-refractivity contribution in [3.8, 4) is 0 Å². The third-order valence-electron chi connectivity index (χ3n) is 5.63. The fourth-order valence-corrected chi connectivity index (χ4v) is 5.57. The van der Waals surface area contributed by atoms with Gasteiger partial charge in [-0.1, -0.05) is 53.7 Å². The molecule has 0 aliphatic carbocycles. The molecule has 1 fully saturated rings. The Morgan fingerprint density at radius 1 is 0.969 bits per heavy atom. The van der Waals surface area contributed by atoms with Crippen molar-refractivity contribution >= 4 is 58.3 Å². The summed E-state index contributed by atoms with van der Waals surface area (Å²) in [7, 11) is 3.96. The largest absolute Gasteiger partial charge is 0.378 e. The van der Waals surface area contributed by atoms with Crippen molar-refractivity contribution in [3.63, 3.8) is 0 Å². The number of amides is 2. The van der Waals surface area contributed by atoms with E-state index in [1.807, 2.05) is 73.6 Å². The minimum Gasteiger partial charge on any atom is -0.378 e. The smallest absolute Gasteiger partial charge is 0.266 e. The van der Waals surface area contributed by atoms with E-state index in [1.165, 1.54) is 11.8 Å². The number of hydrogen-bond acceptors (Lipinski definition) is 4. The third kappa shape index (κ3) is 3.18. The van der Waals surface area contributed by atoms with Crippen LogP contribution in [-0.2, 0) is 14.5 Å². The van der Waals surface area contributed by atoms with Gasteiger partial charge in [-0.25, -0.2) is 0 Å². The Kier molecular flexibility index (Phi) is 4.99. The highest BCUT2D eigenvalue weighted by Gasteiger charge is 2.60. The van der Waals surface area contributed by atoms with Crippen LogP contribution in [0.3, 0.4) is 0 Å². The highest BCUT2D eigenvalue weighted by atomic mass is 35.5. The molecular formula is C25H20ClN3O2S. The minimum atomic E-state index is -1.21. The third-order valence-corrected chi connectivity index (χ3v) is 7.27. The first kappa shape index (κ1) is 20.7. The molecule has 2 aliphatic rings. The molecule has 3 aromatic rings. The average Bonchev–Trinajstić information content (AvgIpc) is 3.23. The fourth-order valence-electron chi connectivity index (χ4n) is 4.04. The van der Waals surface area contributed by atoms with E-state index in [2.05, 4.69) is 5.32 Å².